The Balaban J connectivity index is 1.44. The van der Waals surface area contributed by atoms with Crippen molar-refractivity contribution in [2.24, 2.45) is 0 Å². The van der Waals surface area contributed by atoms with Crippen LogP contribution < -0.4 is 24.8 Å². The molecule has 27 heavy (non-hydrogen) atoms. The first-order valence-electron chi connectivity index (χ1n) is 9.10. The SMILES string of the molecule is CC(C)(C)c1cccc(OCCNC(=O)Nc2ccc3c(c2)OCCO3)c1. The van der Waals surface area contributed by atoms with Crippen molar-refractivity contribution < 1.29 is 19.0 Å². The summed E-state index contributed by atoms with van der Waals surface area (Å²) in [5.41, 5.74) is 1.93. The van der Waals surface area contributed by atoms with Gasteiger partial charge in [-0.25, -0.2) is 4.79 Å². The molecule has 0 fully saturated rings. The Hall–Kier alpha value is -2.89. The molecule has 1 heterocycles. The Morgan fingerprint density at radius 2 is 1.85 bits per heavy atom. The molecule has 0 aliphatic carbocycles. The second-order valence-corrected chi connectivity index (χ2v) is 7.37. The van der Waals surface area contributed by atoms with Crippen molar-refractivity contribution in [1.29, 1.82) is 0 Å². The monoisotopic (exact) mass is 370 g/mol. The second-order valence-electron chi connectivity index (χ2n) is 7.37. The molecule has 0 atom stereocenters. The molecular formula is C21H26N2O4. The normalized spacial score (nSPS) is 13.0. The summed E-state index contributed by atoms with van der Waals surface area (Å²) >= 11 is 0. The molecule has 1 aliphatic heterocycles. The van der Waals surface area contributed by atoms with Crippen molar-refractivity contribution in [3.63, 3.8) is 0 Å². The van der Waals surface area contributed by atoms with E-state index in [4.69, 9.17) is 14.2 Å². The summed E-state index contributed by atoms with van der Waals surface area (Å²) in [5.74, 6) is 2.13. The summed E-state index contributed by atoms with van der Waals surface area (Å²) < 4.78 is 16.7. The van der Waals surface area contributed by atoms with Crippen molar-refractivity contribution in [1.82, 2.24) is 5.32 Å². The molecule has 6 nitrogen and oxygen atoms in total. The van der Waals surface area contributed by atoms with Gasteiger partial charge in [0.1, 0.15) is 25.6 Å². The average molecular weight is 370 g/mol. The molecule has 6 heteroatoms. The number of hydrogen-bond donors (Lipinski definition) is 2. The number of benzene rings is 2. The zero-order valence-electron chi connectivity index (χ0n) is 16.0. The van der Waals surface area contributed by atoms with Gasteiger partial charge in [-0.1, -0.05) is 32.9 Å². The Morgan fingerprint density at radius 1 is 1.07 bits per heavy atom. The lowest BCUT2D eigenvalue weighted by molar-refractivity contribution is 0.171. The molecule has 0 spiro atoms. The van der Waals surface area contributed by atoms with Crippen molar-refractivity contribution in [3.05, 3.63) is 48.0 Å². The number of nitrogens with one attached hydrogen (secondary N) is 2. The van der Waals surface area contributed by atoms with Gasteiger partial charge in [-0.3, -0.25) is 0 Å². The molecule has 2 aromatic carbocycles. The minimum absolute atomic E-state index is 0.0706. The number of carbonyl (C=O) groups is 1. The number of ether oxygens (including phenoxy) is 3. The van der Waals surface area contributed by atoms with Crippen LogP contribution in [0.1, 0.15) is 26.3 Å². The highest BCUT2D eigenvalue weighted by Gasteiger charge is 2.14. The fraction of sp³-hybridized carbons (Fsp3) is 0.381. The van der Waals surface area contributed by atoms with E-state index in [0.717, 1.165) is 5.75 Å². The highest BCUT2D eigenvalue weighted by atomic mass is 16.6. The lowest BCUT2D eigenvalue weighted by Crippen LogP contribution is -2.32. The summed E-state index contributed by atoms with van der Waals surface area (Å²) in [6.45, 7) is 8.33. The van der Waals surface area contributed by atoms with Crippen LogP contribution in [0.3, 0.4) is 0 Å². The van der Waals surface area contributed by atoms with Crippen LogP contribution >= 0.6 is 0 Å². The summed E-state index contributed by atoms with van der Waals surface area (Å²) in [4.78, 5) is 12.0. The van der Waals surface area contributed by atoms with Crippen LogP contribution in [0.5, 0.6) is 17.2 Å². The van der Waals surface area contributed by atoms with Crippen molar-refractivity contribution in [2.45, 2.75) is 26.2 Å². The number of amides is 2. The van der Waals surface area contributed by atoms with Crippen LogP contribution in [-0.4, -0.2) is 32.4 Å². The minimum Gasteiger partial charge on any atom is -0.492 e. The summed E-state index contributed by atoms with van der Waals surface area (Å²) in [5, 5.41) is 5.56. The van der Waals surface area contributed by atoms with Gasteiger partial charge in [0.2, 0.25) is 0 Å². The predicted octanol–water partition coefficient (Wildman–Crippen LogP) is 3.96. The average Bonchev–Trinajstić information content (AvgIpc) is 2.65. The van der Waals surface area contributed by atoms with Gasteiger partial charge in [-0.2, -0.15) is 0 Å². The van der Waals surface area contributed by atoms with Crippen molar-refractivity contribution >= 4 is 11.7 Å². The lowest BCUT2D eigenvalue weighted by Gasteiger charge is -2.20. The molecule has 2 amide bonds. The van der Waals surface area contributed by atoms with E-state index in [1.807, 2.05) is 18.2 Å². The Bertz CT molecular complexity index is 799. The van der Waals surface area contributed by atoms with E-state index in [1.165, 1.54) is 5.56 Å². The Kier molecular flexibility index (Phi) is 5.74. The highest BCUT2D eigenvalue weighted by molar-refractivity contribution is 5.89. The Labute approximate surface area is 159 Å². The first kappa shape index (κ1) is 18.9. The highest BCUT2D eigenvalue weighted by Crippen LogP contribution is 2.32. The van der Waals surface area contributed by atoms with Gasteiger partial charge in [0.15, 0.2) is 11.5 Å². The van der Waals surface area contributed by atoms with Gasteiger partial charge < -0.3 is 24.8 Å². The quantitative estimate of drug-likeness (QED) is 0.782. The molecule has 0 bridgehead atoms. The maximum atomic E-state index is 12.0. The molecule has 1 aliphatic rings. The lowest BCUT2D eigenvalue weighted by atomic mass is 9.87. The smallest absolute Gasteiger partial charge is 0.319 e. The van der Waals surface area contributed by atoms with Gasteiger partial charge in [0, 0.05) is 11.8 Å². The van der Waals surface area contributed by atoms with E-state index in [1.54, 1.807) is 18.2 Å². The molecule has 2 N–H and O–H groups in total. The zero-order chi connectivity index (χ0) is 19.3. The van der Waals surface area contributed by atoms with E-state index in [2.05, 4.69) is 37.5 Å². The summed E-state index contributed by atoms with van der Waals surface area (Å²) in [7, 11) is 0. The number of hydrogen-bond acceptors (Lipinski definition) is 4. The molecule has 0 radical (unpaired) electrons. The van der Waals surface area contributed by atoms with E-state index in [9.17, 15) is 4.79 Å². The maximum absolute atomic E-state index is 12.0. The number of urea groups is 1. The topological polar surface area (TPSA) is 68.8 Å². The van der Waals surface area contributed by atoms with E-state index in [0.29, 0.717) is 43.6 Å². The predicted molar refractivity (Wildman–Crippen MR) is 105 cm³/mol. The maximum Gasteiger partial charge on any atom is 0.319 e. The third kappa shape index (κ3) is 5.29. The fourth-order valence-corrected chi connectivity index (χ4v) is 2.68. The minimum atomic E-state index is -0.293. The summed E-state index contributed by atoms with van der Waals surface area (Å²) in [6.07, 6.45) is 0. The first-order chi connectivity index (χ1) is 12.9. The molecule has 0 unspecified atom stereocenters. The Morgan fingerprint density at radius 3 is 2.63 bits per heavy atom. The van der Waals surface area contributed by atoms with Gasteiger partial charge in [0.05, 0.1) is 6.54 Å². The van der Waals surface area contributed by atoms with Crippen LogP contribution in [0.2, 0.25) is 0 Å². The van der Waals surface area contributed by atoms with Crippen LogP contribution in [0.4, 0.5) is 10.5 Å². The number of anilines is 1. The van der Waals surface area contributed by atoms with Gasteiger partial charge in [0.25, 0.3) is 0 Å². The van der Waals surface area contributed by atoms with Crippen LogP contribution in [-0.2, 0) is 5.41 Å². The van der Waals surface area contributed by atoms with E-state index < -0.39 is 0 Å². The largest absolute Gasteiger partial charge is 0.492 e. The van der Waals surface area contributed by atoms with Crippen molar-refractivity contribution in [2.75, 3.05) is 31.7 Å². The van der Waals surface area contributed by atoms with Gasteiger partial charge >= 0.3 is 6.03 Å². The van der Waals surface area contributed by atoms with Gasteiger partial charge in [-0.15, -0.1) is 0 Å². The zero-order valence-corrected chi connectivity index (χ0v) is 16.0. The van der Waals surface area contributed by atoms with Crippen LogP contribution in [0, 0.1) is 0 Å². The third-order valence-corrected chi connectivity index (χ3v) is 4.16. The second kappa shape index (κ2) is 8.20. The number of carbonyl (C=O) groups excluding carboxylic acids is 1. The first-order valence-corrected chi connectivity index (χ1v) is 9.10. The van der Waals surface area contributed by atoms with Gasteiger partial charge in [-0.05, 0) is 35.2 Å². The van der Waals surface area contributed by atoms with E-state index in [-0.39, 0.29) is 11.4 Å². The molecule has 0 saturated carbocycles. The molecule has 0 saturated heterocycles. The fourth-order valence-electron chi connectivity index (χ4n) is 2.68. The van der Waals surface area contributed by atoms with E-state index >= 15 is 0 Å². The molecule has 2 aromatic rings. The van der Waals surface area contributed by atoms with Crippen molar-refractivity contribution in [3.8, 4) is 17.2 Å². The summed E-state index contributed by atoms with van der Waals surface area (Å²) in [6, 6.07) is 13.1. The molecule has 3 rings (SSSR count). The number of fused-ring (bicyclic) bond motifs is 1. The molecule has 0 aromatic heterocycles. The molecule has 144 valence electrons. The standard InChI is InChI=1S/C21H26N2O4/c1-21(2,3)15-5-4-6-17(13-15)25-10-9-22-20(24)23-16-7-8-18-19(14-16)27-12-11-26-18/h4-8,13-14H,9-12H2,1-3H3,(H2,22,23,24). The number of rotatable bonds is 5. The van der Waals surface area contributed by atoms with Crippen LogP contribution in [0.25, 0.3) is 0 Å². The third-order valence-electron chi connectivity index (χ3n) is 4.16. The molecular weight excluding hydrogens is 344 g/mol. The van der Waals surface area contributed by atoms with Crippen LogP contribution in [0.15, 0.2) is 42.5 Å².